The molecule has 1 aliphatic rings. The fourth-order valence-electron chi connectivity index (χ4n) is 3.98. The van der Waals surface area contributed by atoms with Crippen LogP contribution in [0.4, 0.5) is 5.13 Å². The summed E-state index contributed by atoms with van der Waals surface area (Å²) in [6, 6.07) is 12.1. The van der Waals surface area contributed by atoms with Gasteiger partial charge in [0.05, 0.1) is 22.7 Å². The highest BCUT2D eigenvalue weighted by molar-refractivity contribution is 7.14. The fourth-order valence-corrected chi connectivity index (χ4v) is 4.81. The number of anilines is 1. The zero-order valence-corrected chi connectivity index (χ0v) is 18.4. The first-order valence-corrected chi connectivity index (χ1v) is 11.0. The first kappa shape index (κ1) is 20.2. The lowest BCUT2D eigenvalue weighted by Gasteiger charge is -2.23. The fraction of sp³-hybridized carbons (Fsp3) is 0.160. The van der Waals surface area contributed by atoms with Gasteiger partial charge in [0.15, 0.2) is 10.6 Å². The summed E-state index contributed by atoms with van der Waals surface area (Å²) in [7, 11) is 0. The summed E-state index contributed by atoms with van der Waals surface area (Å²) in [6.45, 7) is 7.82. The number of fused-ring (bicyclic) bond motifs is 2. The molecule has 0 N–H and O–H groups in total. The lowest BCUT2D eigenvalue weighted by molar-refractivity contribution is 0.0971. The molecule has 0 bridgehead atoms. The number of rotatable bonds is 5. The van der Waals surface area contributed by atoms with E-state index >= 15 is 0 Å². The normalized spacial score (nSPS) is 15.2. The molecule has 0 saturated heterocycles. The van der Waals surface area contributed by atoms with Gasteiger partial charge in [0.1, 0.15) is 17.9 Å². The number of aromatic nitrogens is 1. The van der Waals surface area contributed by atoms with E-state index in [-0.39, 0.29) is 17.1 Å². The van der Waals surface area contributed by atoms with Crippen LogP contribution < -0.4 is 15.1 Å². The minimum absolute atomic E-state index is 0.0571. The highest BCUT2D eigenvalue weighted by Gasteiger charge is 2.45. The Kier molecular flexibility index (Phi) is 4.90. The van der Waals surface area contributed by atoms with Crippen LogP contribution in [-0.2, 0) is 0 Å². The molecule has 4 aromatic rings. The van der Waals surface area contributed by atoms with Crippen LogP contribution in [0.3, 0.4) is 0 Å². The number of aryl methyl sites for hydroxylation is 2. The van der Waals surface area contributed by atoms with Crippen molar-refractivity contribution in [2.75, 3.05) is 11.5 Å². The predicted molar refractivity (Wildman–Crippen MR) is 125 cm³/mol. The quantitative estimate of drug-likeness (QED) is 0.397. The molecule has 1 atom stereocenters. The number of hydrogen-bond acceptors (Lipinski definition) is 6. The van der Waals surface area contributed by atoms with Gasteiger partial charge in [-0.25, -0.2) is 4.98 Å². The SMILES string of the molecule is C=CCOc1cccc([C@@H]2c3c(oc4ccc(C)cc4c3=O)C(=O)N2c2nc(C)cs2)c1. The molecule has 1 amide bonds. The molecule has 3 heterocycles. The van der Waals surface area contributed by atoms with E-state index in [1.807, 2.05) is 49.6 Å². The first-order valence-electron chi connectivity index (χ1n) is 10.1. The van der Waals surface area contributed by atoms with E-state index in [0.717, 1.165) is 16.8 Å². The Morgan fingerprint density at radius 2 is 2.06 bits per heavy atom. The largest absolute Gasteiger partial charge is 0.490 e. The standard InChI is InChI=1S/C25H20N2O4S/c1-4-10-30-17-7-5-6-16(12-17)21-20-22(28)18-11-14(2)8-9-19(18)31-23(20)24(29)27(21)25-26-15(3)13-32-25/h4-9,11-13,21H,1,10H2,2-3H3/t21-/m1/s1. The molecule has 0 saturated carbocycles. The Hall–Kier alpha value is -3.71. The molecule has 7 heteroatoms. The summed E-state index contributed by atoms with van der Waals surface area (Å²) < 4.78 is 11.7. The Labute approximate surface area is 188 Å². The van der Waals surface area contributed by atoms with Crippen molar-refractivity contribution < 1.29 is 13.9 Å². The molecule has 160 valence electrons. The molecular weight excluding hydrogens is 424 g/mol. The number of amides is 1. The minimum Gasteiger partial charge on any atom is -0.490 e. The summed E-state index contributed by atoms with van der Waals surface area (Å²) in [5.74, 6) is 0.303. The molecule has 32 heavy (non-hydrogen) atoms. The highest BCUT2D eigenvalue weighted by Crippen LogP contribution is 2.42. The number of thiazole rings is 1. The van der Waals surface area contributed by atoms with Crippen molar-refractivity contribution in [2.24, 2.45) is 0 Å². The number of carbonyl (C=O) groups is 1. The van der Waals surface area contributed by atoms with E-state index in [1.54, 1.807) is 23.1 Å². The summed E-state index contributed by atoms with van der Waals surface area (Å²) in [5.41, 5.74) is 2.99. The van der Waals surface area contributed by atoms with Crippen molar-refractivity contribution in [3.63, 3.8) is 0 Å². The van der Waals surface area contributed by atoms with Crippen molar-refractivity contribution >= 4 is 33.3 Å². The number of hydrogen-bond donors (Lipinski definition) is 0. The van der Waals surface area contributed by atoms with Crippen molar-refractivity contribution in [1.29, 1.82) is 0 Å². The van der Waals surface area contributed by atoms with Gasteiger partial charge in [-0.2, -0.15) is 0 Å². The number of ether oxygens (including phenoxy) is 1. The Bertz CT molecular complexity index is 1440. The number of benzene rings is 2. The lowest BCUT2D eigenvalue weighted by Crippen LogP contribution is -2.29. The van der Waals surface area contributed by atoms with Crippen LogP contribution in [-0.4, -0.2) is 17.5 Å². The maximum atomic E-state index is 13.6. The van der Waals surface area contributed by atoms with E-state index < -0.39 is 6.04 Å². The first-order chi connectivity index (χ1) is 15.5. The van der Waals surface area contributed by atoms with Gasteiger partial charge in [-0.05, 0) is 43.7 Å². The van der Waals surface area contributed by atoms with Crippen LogP contribution in [0, 0.1) is 13.8 Å². The van der Waals surface area contributed by atoms with Gasteiger partial charge >= 0.3 is 0 Å². The second kappa shape index (κ2) is 7.76. The van der Waals surface area contributed by atoms with Crippen molar-refractivity contribution in [1.82, 2.24) is 4.98 Å². The Balaban J connectivity index is 1.77. The Morgan fingerprint density at radius 3 is 2.81 bits per heavy atom. The minimum atomic E-state index is -0.670. The van der Waals surface area contributed by atoms with Crippen LogP contribution in [0.2, 0.25) is 0 Å². The summed E-state index contributed by atoms with van der Waals surface area (Å²) >= 11 is 1.36. The molecule has 0 fully saturated rings. The zero-order chi connectivity index (χ0) is 22.4. The van der Waals surface area contributed by atoms with Gasteiger partial charge in [0.25, 0.3) is 5.91 Å². The molecule has 0 unspecified atom stereocenters. The van der Waals surface area contributed by atoms with Crippen LogP contribution in [0.25, 0.3) is 11.0 Å². The maximum absolute atomic E-state index is 13.6. The van der Waals surface area contributed by atoms with Crippen molar-refractivity contribution in [2.45, 2.75) is 19.9 Å². The molecule has 6 nitrogen and oxygen atoms in total. The van der Waals surface area contributed by atoms with E-state index in [0.29, 0.717) is 34.0 Å². The maximum Gasteiger partial charge on any atom is 0.297 e. The average Bonchev–Trinajstić information content (AvgIpc) is 3.34. The molecule has 5 rings (SSSR count). The third-order valence-electron chi connectivity index (χ3n) is 5.38. The molecule has 0 radical (unpaired) electrons. The van der Waals surface area contributed by atoms with Crippen LogP contribution in [0.1, 0.15) is 39.0 Å². The van der Waals surface area contributed by atoms with E-state index in [9.17, 15) is 9.59 Å². The van der Waals surface area contributed by atoms with Gasteiger partial charge < -0.3 is 9.15 Å². The molecule has 1 aliphatic heterocycles. The molecule has 2 aromatic carbocycles. The van der Waals surface area contributed by atoms with Crippen LogP contribution >= 0.6 is 11.3 Å². The van der Waals surface area contributed by atoms with Gasteiger partial charge in [-0.15, -0.1) is 11.3 Å². The molecule has 2 aromatic heterocycles. The van der Waals surface area contributed by atoms with E-state index in [2.05, 4.69) is 11.6 Å². The average molecular weight is 445 g/mol. The third kappa shape index (κ3) is 3.22. The van der Waals surface area contributed by atoms with Gasteiger partial charge in [0, 0.05) is 5.38 Å². The van der Waals surface area contributed by atoms with Crippen LogP contribution in [0.15, 0.2) is 69.7 Å². The second-order valence-electron chi connectivity index (χ2n) is 7.69. The third-order valence-corrected chi connectivity index (χ3v) is 6.34. The molecular formula is C25H20N2O4S. The molecule has 0 aliphatic carbocycles. The topological polar surface area (TPSA) is 72.6 Å². The second-order valence-corrected chi connectivity index (χ2v) is 8.53. The summed E-state index contributed by atoms with van der Waals surface area (Å²) in [5, 5.41) is 2.85. The zero-order valence-electron chi connectivity index (χ0n) is 17.6. The van der Waals surface area contributed by atoms with Gasteiger partial charge in [-0.1, -0.05) is 36.4 Å². The van der Waals surface area contributed by atoms with Crippen LogP contribution in [0.5, 0.6) is 5.75 Å². The summed E-state index contributed by atoms with van der Waals surface area (Å²) in [4.78, 5) is 33.2. The summed E-state index contributed by atoms with van der Waals surface area (Å²) in [6.07, 6.45) is 1.66. The Morgan fingerprint density at radius 1 is 1.22 bits per heavy atom. The van der Waals surface area contributed by atoms with Gasteiger partial charge in [0.2, 0.25) is 5.76 Å². The van der Waals surface area contributed by atoms with Gasteiger partial charge in [-0.3, -0.25) is 14.5 Å². The number of nitrogens with zero attached hydrogens (tertiary/aromatic N) is 2. The van der Waals surface area contributed by atoms with Crippen molar-refractivity contribution in [3.05, 3.63) is 98.9 Å². The van der Waals surface area contributed by atoms with E-state index in [1.165, 1.54) is 11.3 Å². The monoisotopic (exact) mass is 444 g/mol. The predicted octanol–water partition coefficient (Wildman–Crippen LogP) is 5.18. The highest BCUT2D eigenvalue weighted by atomic mass is 32.1. The number of carbonyl (C=O) groups excluding carboxylic acids is 1. The smallest absolute Gasteiger partial charge is 0.297 e. The van der Waals surface area contributed by atoms with E-state index in [4.69, 9.17) is 9.15 Å². The van der Waals surface area contributed by atoms with Crippen molar-refractivity contribution in [3.8, 4) is 5.75 Å². The molecule has 0 spiro atoms. The lowest BCUT2D eigenvalue weighted by atomic mass is 9.98.